The first kappa shape index (κ1) is 13.0. The van der Waals surface area contributed by atoms with Gasteiger partial charge in [0.2, 0.25) is 0 Å². The van der Waals surface area contributed by atoms with Crippen molar-refractivity contribution in [3.8, 4) is 6.07 Å². The molecule has 1 aromatic carbocycles. The summed E-state index contributed by atoms with van der Waals surface area (Å²) in [5.41, 5.74) is 1.84. The van der Waals surface area contributed by atoms with Crippen molar-refractivity contribution in [3.05, 3.63) is 58.7 Å². The molecule has 0 bridgehead atoms. The largest absolute Gasteiger partial charge is 0.355 e. The van der Waals surface area contributed by atoms with E-state index in [9.17, 15) is 0 Å². The number of aromatic nitrogens is 1. The van der Waals surface area contributed by atoms with Crippen LogP contribution >= 0.6 is 11.6 Å². The van der Waals surface area contributed by atoms with Crippen molar-refractivity contribution in [1.82, 2.24) is 4.98 Å². The van der Waals surface area contributed by atoms with Crippen LogP contribution in [0.25, 0.3) is 0 Å². The van der Waals surface area contributed by atoms with E-state index in [1.165, 1.54) is 5.56 Å². The lowest BCUT2D eigenvalue weighted by atomic mass is 9.99. The highest BCUT2D eigenvalue weighted by molar-refractivity contribution is 6.34. The van der Waals surface area contributed by atoms with E-state index in [1.54, 1.807) is 12.3 Å². The highest BCUT2D eigenvalue weighted by atomic mass is 35.5. The van der Waals surface area contributed by atoms with Gasteiger partial charge in [0.05, 0.1) is 5.56 Å². The SMILES string of the molecule is N#Cc1ccnc(N2CCC(c3ccccc3)C2)c1Cl. The summed E-state index contributed by atoms with van der Waals surface area (Å²) in [5.74, 6) is 1.23. The summed E-state index contributed by atoms with van der Waals surface area (Å²) in [7, 11) is 0. The molecule has 4 heteroatoms. The third-order valence-electron chi connectivity index (χ3n) is 3.75. The summed E-state index contributed by atoms with van der Waals surface area (Å²) >= 11 is 6.26. The maximum atomic E-state index is 9.03. The Morgan fingerprint density at radius 1 is 1.25 bits per heavy atom. The molecule has 2 aromatic rings. The fraction of sp³-hybridized carbons (Fsp3) is 0.250. The maximum absolute atomic E-state index is 9.03. The van der Waals surface area contributed by atoms with Crippen LogP contribution in [0.4, 0.5) is 5.82 Å². The van der Waals surface area contributed by atoms with E-state index in [0.717, 1.165) is 25.3 Å². The van der Waals surface area contributed by atoms with Gasteiger partial charge in [0.15, 0.2) is 0 Å². The van der Waals surface area contributed by atoms with Crippen molar-refractivity contribution in [2.24, 2.45) is 0 Å². The van der Waals surface area contributed by atoms with Crippen LogP contribution in [0.5, 0.6) is 0 Å². The molecule has 1 aliphatic heterocycles. The Bertz CT molecular complexity index is 649. The number of nitriles is 1. The molecule has 3 rings (SSSR count). The van der Waals surface area contributed by atoms with Crippen LogP contribution in [0.2, 0.25) is 5.02 Å². The predicted molar refractivity (Wildman–Crippen MR) is 80.0 cm³/mol. The second-order valence-corrected chi connectivity index (χ2v) is 5.33. The summed E-state index contributed by atoms with van der Waals surface area (Å²) in [4.78, 5) is 6.51. The van der Waals surface area contributed by atoms with E-state index in [4.69, 9.17) is 16.9 Å². The van der Waals surface area contributed by atoms with Gasteiger partial charge in [0.25, 0.3) is 0 Å². The number of nitrogens with zero attached hydrogens (tertiary/aromatic N) is 3. The maximum Gasteiger partial charge on any atom is 0.148 e. The number of benzene rings is 1. The first-order chi connectivity index (χ1) is 9.79. The fourth-order valence-corrected chi connectivity index (χ4v) is 2.96. The highest BCUT2D eigenvalue weighted by Gasteiger charge is 2.26. The second kappa shape index (κ2) is 5.52. The van der Waals surface area contributed by atoms with Gasteiger partial charge < -0.3 is 4.90 Å². The number of hydrogen-bond acceptors (Lipinski definition) is 3. The zero-order valence-corrected chi connectivity index (χ0v) is 11.7. The molecule has 0 saturated carbocycles. The molecule has 1 aliphatic rings. The molecule has 1 saturated heterocycles. The Balaban J connectivity index is 1.83. The minimum absolute atomic E-state index is 0.462. The van der Waals surface area contributed by atoms with Crippen LogP contribution in [-0.4, -0.2) is 18.1 Å². The molecule has 0 amide bonds. The molecule has 100 valence electrons. The van der Waals surface area contributed by atoms with Crippen LogP contribution < -0.4 is 4.90 Å². The van der Waals surface area contributed by atoms with Crippen LogP contribution in [0, 0.1) is 11.3 Å². The lowest BCUT2D eigenvalue weighted by Gasteiger charge is -2.19. The van der Waals surface area contributed by atoms with Crippen LogP contribution in [0.15, 0.2) is 42.6 Å². The number of hydrogen-bond donors (Lipinski definition) is 0. The number of anilines is 1. The molecule has 0 N–H and O–H groups in total. The molecule has 1 unspecified atom stereocenters. The standard InChI is InChI=1S/C16H14ClN3/c17-15-13(10-18)6-8-19-16(15)20-9-7-14(11-20)12-4-2-1-3-5-12/h1-6,8,14H,7,9,11H2. The van der Waals surface area contributed by atoms with Crippen molar-refractivity contribution in [1.29, 1.82) is 5.26 Å². The quantitative estimate of drug-likeness (QED) is 0.845. The van der Waals surface area contributed by atoms with Gasteiger partial charge in [-0.15, -0.1) is 0 Å². The van der Waals surface area contributed by atoms with Gasteiger partial charge in [-0.05, 0) is 18.1 Å². The third kappa shape index (κ3) is 2.35. The minimum atomic E-state index is 0.462. The van der Waals surface area contributed by atoms with E-state index in [-0.39, 0.29) is 0 Å². The minimum Gasteiger partial charge on any atom is -0.355 e. The summed E-state index contributed by atoms with van der Waals surface area (Å²) in [5, 5.41) is 9.50. The summed E-state index contributed by atoms with van der Waals surface area (Å²) < 4.78 is 0. The third-order valence-corrected chi connectivity index (χ3v) is 4.12. The molecule has 1 fully saturated rings. The van der Waals surface area contributed by atoms with Gasteiger partial charge >= 0.3 is 0 Å². The van der Waals surface area contributed by atoms with Gasteiger partial charge in [0, 0.05) is 25.2 Å². The monoisotopic (exact) mass is 283 g/mol. The molecule has 2 heterocycles. The van der Waals surface area contributed by atoms with Crippen molar-refractivity contribution >= 4 is 17.4 Å². The van der Waals surface area contributed by atoms with Crippen LogP contribution in [0.3, 0.4) is 0 Å². The number of rotatable bonds is 2. The smallest absolute Gasteiger partial charge is 0.148 e. The molecule has 1 aromatic heterocycles. The Morgan fingerprint density at radius 2 is 2.05 bits per heavy atom. The van der Waals surface area contributed by atoms with Gasteiger partial charge in [0.1, 0.15) is 16.9 Å². The first-order valence-electron chi connectivity index (χ1n) is 6.64. The van der Waals surface area contributed by atoms with Gasteiger partial charge in [-0.1, -0.05) is 41.9 Å². The molecule has 0 radical (unpaired) electrons. The Labute approximate surface area is 123 Å². The zero-order chi connectivity index (χ0) is 13.9. The van der Waals surface area contributed by atoms with E-state index in [1.807, 2.05) is 6.07 Å². The molecular formula is C16H14ClN3. The van der Waals surface area contributed by atoms with Gasteiger partial charge in [-0.25, -0.2) is 4.98 Å². The molecule has 0 aliphatic carbocycles. The first-order valence-corrected chi connectivity index (χ1v) is 7.02. The molecule has 20 heavy (non-hydrogen) atoms. The Morgan fingerprint density at radius 3 is 2.80 bits per heavy atom. The molecular weight excluding hydrogens is 270 g/mol. The topological polar surface area (TPSA) is 39.9 Å². The average molecular weight is 284 g/mol. The lowest BCUT2D eigenvalue weighted by Crippen LogP contribution is -2.21. The van der Waals surface area contributed by atoms with Crippen molar-refractivity contribution in [3.63, 3.8) is 0 Å². The lowest BCUT2D eigenvalue weighted by molar-refractivity contribution is 0.774. The fourth-order valence-electron chi connectivity index (χ4n) is 2.69. The van der Waals surface area contributed by atoms with Crippen LogP contribution in [-0.2, 0) is 0 Å². The summed E-state index contributed by atoms with van der Waals surface area (Å²) in [6.45, 7) is 1.81. The average Bonchev–Trinajstić information content (AvgIpc) is 2.98. The molecule has 3 nitrogen and oxygen atoms in total. The van der Waals surface area contributed by atoms with Gasteiger partial charge in [-0.3, -0.25) is 0 Å². The van der Waals surface area contributed by atoms with Crippen molar-refractivity contribution < 1.29 is 0 Å². The number of pyridine rings is 1. The van der Waals surface area contributed by atoms with Crippen LogP contribution in [0.1, 0.15) is 23.5 Å². The summed E-state index contributed by atoms with van der Waals surface area (Å²) in [6, 6.07) is 14.2. The van der Waals surface area contributed by atoms with Crippen molar-refractivity contribution in [2.75, 3.05) is 18.0 Å². The van der Waals surface area contributed by atoms with Crippen molar-refractivity contribution in [2.45, 2.75) is 12.3 Å². The number of halogens is 1. The highest BCUT2D eigenvalue weighted by Crippen LogP contribution is 2.34. The Kier molecular flexibility index (Phi) is 3.58. The van der Waals surface area contributed by atoms with E-state index < -0.39 is 0 Å². The van der Waals surface area contributed by atoms with Gasteiger partial charge in [-0.2, -0.15) is 5.26 Å². The molecule has 1 atom stereocenters. The van der Waals surface area contributed by atoms with E-state index >= 15 is 0 Å². The Hall–Kier alpha value is -2.05. The van der Waals surface area contributed by atoms with E-state index in [0.29, 0.717) is 16.5 Å². The summed E-state index contributed by atoms with van der Waals surface area (Å²) in [6.07, 6.45) is 2.73. The molecule has 0 spiro atoms. The normalized spacial score (nSPS) is 18.0. The zero-order valence-electron chi connectivity index (χ0n) is 11.0. The second-order valence-electron chi connectivity index (χ2n) is 4.95. The predicted octanol–water partition coefficient (Wildman–Crippen LogP) is 3.60. The van der Waals surface area contributed by atoms with E-state index in [2.05, 4.69) is 40.2 Å².